The highest BCUT2D eigenvalue weighted by atomic mass is 16.5. The number of hydrogen-bond acceptors (Lipinski definition) is 6. The molecular formula is C20H22N2O6. The number of hydrogen-bond donors (Lipinski definition) is 1. The van der Waals surface area contributed by atoms with E-state index in [1.807, 2.05) is 12.2 Å². The molecule has 1 aliphatic carbocycles. The average molecular weight is 386 g/mol. The molecule has 0 spiro atoms. The Morgan fingerprint density at radius 3 is 2.36 bits per heavy atom. The molecule has 1 heterocycles. The summed E-state index contributed by atoms with van der Waals surface area (Å²) in [6.45, 7) is 0.927. The maximum atomic E-state index is 12.4. The maximum absolute atomic E-state index is 12.4. The van der Waals surface area contributed by atoms with Gasteiger partial charge in [0.1, 0.15) is 12.3 Å². The monoisotopic (exact) mass is 386 g/mol. The molecule has 0 aromatic heterocycles. The second-order valence-corrected chi connectivity index (χ2v) is 6.74. The van der Waals surface area contributed by atoms with E-state index < -0.39 is 36.4 Å². The minimum Gasteiger partial charge on any atom is -0.495 e. The minimum atomic E-state index is -1.10. The second kappa shape index (κ2) is 8.24. The Bertz CT molecular complexity index is 808. The number of para-hydroxylation sites is 2. The summed E-state index contributed by atoms with van der Waals surface area (Å²) in [6, 6.07) is 6.83. The molecule has 1 aromatic rings. The number of anilines is 1. The zero-order valence-electron chi connectivity index (χ0n) is 15.7. The quantitative estimate of drug-likeness (QED) is 0.452. The van der Waals surface area contributed by atoms with Crippen LogP contribution in [0, 0.1) is 11.8 Å². The standard InChI is InChI=1S/C20H22N2O6/c1-12(18(24)21-15-9-5-6-10-16(15)27-2)28-17(23)11-22-19(25)13-7-3-4-8-14(13)20(22)26/h3-6,9-10,12-14H,7-8,11H2,1-2H3,(H,21,24)/t12-,13-,14+/m1/s1. The first-order chi connectivity index (χ1) is 13.4. The summed E-state index contributed by atoms with van der Waals surface area (Å²) in [5.74, 6) is -2.41. The lowest BCUT2D eigenvalue weighted by Crippen LogP contribution is -2.39. The number of amides is 3. The van der Waals surface area contributed by atoms with Crippen molar-refractivity contribution in [3.05, 3.63) is 36.4 Å². The summed E-state index contributed by atoms with van der Waals surface area (Å²) in [7, 11) is 1.48. The Balaban J connectivity index is 1.56. The smallest absolute Gasteiger partial charge is 0.326 e. The van der Waals surface area contributed by atoms with E-state index in [4.69, 9.17) is 9.47 Å². The van der Waals surface area contributed by atoms with E-state index in [9.17, 15) is 19.2 Å². The van der Waals surface area contributed by atoms with Crippen molar-refractivity contribution in [2.24, 2.45) is 11.8 Å². The van der Waals surface area contributed by atoms with Gasteiger partial charge in [0.15, 0.2) is 6.10 Å². The third-order valence-electron chi connectivity index (χ3n) is 4.93. The van der Waals surface area contributed by atoms with Crippen molar-refractivity contribution in [3.63, 3.8) is 0 Å². The van der Waals surface area contributed by atoms with Gasteiger partial charge in [-0.1, -0.05) is 24.3 Å². The van der Waals surface area contributed by atoms with Crippen LogP contribution in [0.4, 0.5) is 5.69 Å². The topological polar surface area (TPSA) is 102 Å². The molecule has 28 heavy (non-hydrogen) atoms. The van der Waals surface area contributed by atoms with Gasteiger partial charge in [0, 0.05) is 0 Å². The SMILES string of the molecule is COc1ccccc1NC(=O)[C@@H](C)OC(=O)CN1C(=O)[C@H]2CC=CC[C@H]2C1=O. The molecule has 1 N–H and O–H groups in total. The van der Waals surface area contributed by atoms with E-state index in [1.165, 1.54) is 14.0 Å². The van der Waals surface area contributed by atoms with Crippen LogP contribution < -0.4 is 10.1 Å². The molecule has 1 aliphatic heterocycles. The molecule has 3 atom stereocenters. The van der Waals surface area contributed by atoms with E-state index >= 15 is 0 Å². The Hall–Kier alpha value is -3.16. The highest BCUT2D eigenvalue weighted by molar-refractivity contribution is 6.07. The van der Waals surface area contributed by atoms with Crippen molar-refractivity contribution in [2.75, 3.05) is 19.0 Å². The molecule has 1 aromatic carbocycles. The maximum Gasteiger partial charge on any atom is 0.326 e. The molecular weight excluding hydrogens is 364 g/mol. The molecule has 148 valence electrons. The van der Waals surface area contributed by atoms with Gasteiger partial charge in [-0.05, 0) is 31.9 Å². The highest BCUT2D eigenvalue weighted by Gasteiger charge is 2.47. The fourth-order valence-electron chi connectivity index (χ4n) is 3.42. The summed E-state index contributed by atoms with van der Waals surface area (Å²) in [5, 5.41) is 2.62. The van der Waals surface area contributed by atoms with E-state index in [0.29, 0.717) is 24.3 Å². The number of ether oxygens (including phenoxy) is 2. The van der Waals surface area contributed by atoms with Gasteiger partial charge in [-0.25, -0.2) is 0 Å². The third-order valence-corrected chi connectivity index (χ3v) is 4.93. The number of nitrogens with one attached hydrogen (secondary N) is 1. The first kappa shape index (κ1) is 19.6. The van der Waals surface area contributed by atoms with Crippen molar-refractivity contribution < 1.29 is 28.7 Å². The number of carbonyl (C=O) groups is 4. The summed E-state index contributed by atoms with van der Waals surface area (Å²) in [6.07, 6.45) is 3.64. The molecule has 8 nitrogen and oxygen atoms in total. The molecule has 3 amide bonds. The zero-order valence-corrected chi connectivity index (χ0v) is 15.7. The Morgan fingerprint density at radius 2 is 1.75 bits per heavy atom. The van der Waals surface area contributed by atoms with Gasteiger partial charge in [0.05, 0.1) is 24.6 Å². The number of rotatable bonds is 6. The number of allylic oxidation sites excluding steroid dienone is 2. The molecule has 0 unspecified atom stereocenters. The number of fused-ring (bicyclic) bond motifs is 1. The summed E-state index contributed by atoms with van der Waals surface area (Å²) >= 11 is 0. The highest BCUT2D eigenvalue weighted by Crippen LogP contribution is 2.34. The van der Waals surface area contributed by atoms with Gasteiger partial charge < -0.3 is 14.8 Å². The van der Waals surface area contributed by atoms with Crippen LogP contribution in [0.25, 0.3) is 0 Å². The Morgan fingerprint density at radius 1 is 1.14 bits per heavy atom. The summed E-state index contributed by atoms with van der Waals surface area (Å²) in [5.41, 5.74) is 0.444. The molecule has 0 radical (unpaired) electrons. The number of benzene rings is 1. The van der Waals surface area contributed by atoms with E-state index in [2.05, 4.69) is 5.32 Å². The number of carbonyl (C=O) groups excluding carboxylic acids is 4. The van der Waals surface area contributed by atoms with Crippen molar-refractivity contribution in [2.45, 2.75) is 25.9 Å². The van der Waals surface area contributed by atoms with Gasteiger partial charge in [-0.15, -0.1) is 0 Å². The van der Waals surface area contributed by atoms with Gasteiger partial charge in [-0.3, -0.25) is 24.1 Å². The van der Waals surface area contributed by atoms with Crippen LogP contribution >= 0.6 is 0 Å². The van der Waals surface area contributed by atoms with Gasteiger partial charge in [-0.2, -0.15) is 0 Å². The van der Waals surface area contributed by atoms with Crippen LogP contribution in [-0.4, -0.2) is 48.3 Å². The number of likely N-dealkylation sites (tertiary alicyclic amines) is 1. The molecule has 1 fully saturated rings. The van der Waals surface area contributed by atoms with Gasteiger partial charge in [0.2, 0.25) is 11.8 Å². The van der Waals surface area contributed by atoms with E-state index in [0.717, 1.165) is 4.90 Å². The van der Waals surface area contributed by atoms with Gasteiger partial charge in [0.25, 0.3) is 5.91 Å². The van der Waals surface area contributed by atoms with Crippen molar-refractivity contribution >= 4 is 29.4 Å². The Kier molecular flexibility index (Phi) is 5.77. The molecule has 0 saturated carbocycles. The fraction of sp³-hybridized carbons (Fsp3) is 0.400. The number of esters is 1. The third kappa shape index (κ3) is 3.90. The molecule has 2 aliphatic rings. The molecule has 1 saturated heterocycles. The summed E-state index contributed by atoms with van der Waals surface area (Å²) < 4.78 is 10.3. The van der Waals surface area contributed by atoms with Crippen LogP contribution in [0.5, 0.6) is 5.75 Å². The number of methoxy groups -OCH3 is 1. The van der Waals surface area contributed by atoms with Crippen molar-refractivity contribution in [1.82, 2.24) is 4.90 Å². The largest absolute Gasteiger partial charge is 0.495 e. The zero-order chi connectivity index (χ0) is 20.3. The lowest BCUT2D eigenvalue weighted by Gasteiger charge is -2.17. The second-order valence-electron chi connectivity index (χ2n) is 6.74. The van der Waals surface area contributed by atoms with Crippen molar-refractivity contribution in [1.29, 1.82) is 0 Å². The van der Waals surface area contributed by atoms with Crippen LogP contribution in [0.1, 0.15) is 19.8 Å². The summed E-state index contributed by atoms with van der Waals surface area (Å²) in [4.78, 5) is 50.2. The predicted molar refractivity (Wildman–Crippen MR) is 99.3 cm³/mol. The average Bonchev–Trinajstić information content (AvgIpc) is 2.93. The number of nitrogens with zero attached hydrogens (tertiary/aromatic N) is 1. The predicted octanol–water partition coefficient (Wildman–Crippen LogP) is 1.52. The van der Waals surface area contributed by atoms with Crippen LogP contribution in [0.15, 0.2) is 36.4 Å². The lowest BCUT2D eigenvalue weighted by atomic mass is 9.85. The normalized spacial score (nSPS) is 21.9. The lowest BCUT2D eigenvalue weighted by molar-refractivity contribution is -0.158. The van der Waals surface area contributed by atoms with E-state index in [1.54, 1.807) is 24.3 Å². The molecule has 8 heteroatoms. The first-order valence-corrected chi connectivity index (χ1v) is 9.06. The van der Waals surface area contributed by atoms with Crippen LogP contribution in [0.2, 0.25) is 0 Å². The van der Waals surface area contributed by atoms with E-state index in [-0.39, 0.29) is 11.8 Å². The first-order valence-electron chi connectivity index (χ1n) is 9.06. The molecule has 0 bridgehead atoms. The van der Waals surface area contributed by atoms with Crippen LogP contribution in [-0.2, 0) is 23.9 Å². The van der Waals surface area contributed by atoms with Gasteiger partial charge >= 0.3 is 5.97 Å². The molecule has 3 rings (SSSR count). The number of imide groups is 1. The minimum absolute atomic E-state index is 0.359. The fourth-order valence-corrected chi connectivity index (χ4v) is 3.42. The van der Waals surface area contributed by atoms with Crippen molar-refractivity contribution in [3.8, 4) is 5.75 Å². The Labute approximate surface area is 162 Å². The van der Waals surface area contributed by atoms with Crippen LogP contribution in [0.3, 0.4) is 0 Å².